The third-order valence-corrected chi connectivity index (χ3v) is 2.85. The Morgan fingerprint density at radius 3 is 2.35 bits per heavy atom. The lowest BCUT2D eigenvalue weighted by Crippen LogP contribution is -2.11. The van der Waals surface area contributed by atoms with E-state index in [1.165, 1.54) is 5.56 Å². The molecular formula is C17H21NO2. The molecule has 0 aliphatic rings. The SMILES string of the molecule is CCNCc1cccc(Oc2ccc(OCC)cc2)c1. The van der Waals surface area contributed by atoms with Gasteiger partial charge in [0, 0.05) is 6.54 Å². The summed E-state index contributed by atoms with van der Waals surface area (Å²) in [5, 5.41) is 3.31. The second-order valence-corrected chi connectivity index (χ2v) is 4.43. The zero-order valence-electron chi connectivity index (χ0n) is 12.1. The van der Waals surface area contributed by atoms with Crippen LogP contribution in [0.4, 0.5) is 0 Å². The van der Waals surface area contributed by atoms with Crippen molar-refractivity contribution in [3.63, 3.8) is 0 Å². The molecule has 3 heteroatoms. The van der Waals surface area contributed by atoms with E-state index in [-0.39, 0.29) is 0 Å². The average molecular weight is 271 g/mol. The smallest absolute Gasteiger partial charge is 0.127 e. The fraction of sp³-hybridized carbons (Fsp3) is 0.294. The van der Waals surface area contributed by atoms with Crippen LogP contribution in [0.2, 0.25) is 0 Å². The Labute approximate surface area is 120 Å². The number of ether oxygens (including phenoxy) is 2. The maximum absolute atomic E-state index is 5.85. The van der Waals surface area contributed by atoms with Crippen LogP contribution in [0.1, 0.15) is 19.4 Å². The molecule has 3 nitrogen and oxygen atoms in total. The molecule has 106 valence electrons. The highest BCUT2D eigenvalue weighted by Gasteiger charge is 2.00. The van der Waals surface area contributed by atoms with Crippen LogP contribution in [0.5, 0.6) is 17.2 Å². The molecule has 0 aromatic heterocycles. The standard InChI is InChI=1S/C17H21NO2/c1-3-18-13-14-6-5-7-17(12-14)20-16-10-8-15(9-11-16)19-4-2/h5-12,18H,3-4,13H2,1-2H3. The number of nitrogens with one attached hydrogen (secondary N) is 1. The topological polar surface area (TPSA) is 30.5 Å². The van der Waals surface area contributed by atoms with Gasteiger partial charge in [0.25, 0.3) is 0 Å². The average Bonchev–Trinajstić information content (AvgIpc) is 2.48. The molecule has 0 radical (unpaired) electrons. The lowest BCUT2D eigenvalue weighted by molar-refractivity contribution is 0.339. The molecular weight excluding hydrogens is 250 g/mol. The zero-order valence-corrected chi connectivity index (χ0v) is 12.1. The van der Waals surface area contributed by atoms with E-state index in [0.29, 0.717) is 6.61 Å². The lowest BCUT2D eigenvalue weighted by atomic mass is 10.2. The Kier molecular flexibility index (Phi) is 5.44. The van der Waals surface area contributed by atoms with Crippen molar-refractivity contribution in [1.82, 2.24) is 5.32 Å². The molecule has 2 aromatic rings. The molecule has 0 atom stereocenters. The van der Waals surface area contributed by atoms with Gasteiger partial charge in [-0.3, -0.25) is 0 Å². The first-order valence-electron chi connectivity index (χ1n) is 7.02. The van der Waals surface area contributed by atoms with Crippen LogP contribution in [0, 0.1) is 0 Å². The van der Waals surface area contributed by atoms with Gasteiger partial charge in [-0.25, -0.2) is 0 Å². The molecule has 1 N–H and O–H groups in total. The van der Waals surface area contributed by atoms with Crippen molar-refractivity contribution >= 4 is 0 Å². The van der Waals surface area contributed by atoms with Crippen LogP contribution in [0.25, 0.3) is 0 Å². The minimum absolute atomic E-state index is 0.673. The van der Waals surface area contributed by atoms with Crippen LogP contribution in [0.15, 0.2) is 48.5 Å². The molecule has 0 aliphatic heterocycles. The van der Waals surface area contributed by atoms with E-state index in [1.807, 2.05) is 43.3 Å². The first-order chi connectivity index (χ1) is 9.81. The molecule has 0 spiro atoms. The Morgan fingerprint density at radius 1 is 0.900 bits per heavy atom. The predicted molar refractivity (Wildman–Crippen MR) is 81.5 cm³/mol. The normalized spacial score (nSPS) is 10.3. The van der Waals surface area contributed by atoms with E-state index in [9.17, 15) is 0 Å². The molecule has 0 bridgehead atoms. The predicted octanol–water partition coefficient (Wildman–Crippen LogP) is 3.99. The van der Waals surface area contributed by atoms with Crippen LogP contribution in [-0.2, 0) is 6.54 Å². The number of benzene rings is 2. The van der Waals surface area contributed by atoms with Crippen LogP contribution >= 0.6 is 0 Å². The Morgan fingerprint density at radius 2 is 1.65 bits per heavy atom. The van der Waals surface area contributed by atoms with E-state index in [1.54, 1.807) is 0 Å². The van der Waals surface area contributed by atoms with Gasteiger partial charge in [-0.05, 0) is 55.4 Å². The Balaban J connectivity index is 2.01. The van der Waals surface area contributed by atoms with Crippen molar-refractivity contribution < 1.29 is 9.47 Å². The first-order valence-corrected chi connectivity index (χ1v) is 7.02. The van der Waals surface area contributed by atoms with Gasteiger partial charge in [0.2, 0.25) is 0 Å². The van der Waals surface area contributed by atoms with E-state index in [0.717, 1.165) is 30.3 Å². The summed E-state index contributed by atoms with van der Waals surface area (Å²) in [6.45, 7) is 6.56. The molecule has 0 unspecified atom stereocenters. The molecule has 0 saturated heterocycles. The summed E-state index contributed by atoms with van der Waals surface area (Å²) in [6, 6.07) is 15.8. The summed E-state index contributed by atoms with van der Waals surface area (Å²) < 4.78 is 11.3. The van der Waals surface area contributed by atoms with Gasteiger partial charge >= 0.3 is 0 Å². The summed E-state index contributed by atoms with van der Waals surface area (Å²) in [5.74, 6) is 2.53. The van der Waals surface area contributed by atoms with E-state index in [4.69, 9.17) is 9.47 Å². The molecule has 2 aromatic carbocycles. The van der Waals surface area contributed by atoms with Gasteiger partial charge < -0.3 is 14.8 Å². The minimum atomic E-state index is 0.673. The second kappa shape index (κ2) is 7.56. The van der Waals surface area contributed by atoms with Crippen molar-refractivity contribution in [3.05, 3.63) is 54.1 Å². The first kappa shape index (κ1) is 14.4. The maximum atomic E-state index is 5.85. The highest BCUT2D eigenvalue weighted by Crippen LogP contribution is 2.24. The van der Waals surface area contributed by atoms with Gasteiger partial charge in [-0.1, -0.05) is 19.1 Å². The van der Waals surface area contributed by atoms with Crippen molar-refractivity contribution in [2.45, 2.75) is 20.4 Å². The minimum Gasteiger partial charge on any atom is -0.494 e. The highest BCUT2D eigenvalue weighted by atomic mass is 16.5. The fourth-order valence-corrected chi connectivity index (χ4v) is 1.89. The van der Waals surface area contributed by atoms with E-state index >= 15 is 0 Å². The van der Waals surface area contributed by atoms with Gasteiger partial charge in [0.1, 0.15) is 17.2 Å². The van der Waals surface area contributed by atoms with E-state index < -0.39 is 0 Å². The van der Waals surface area contributed by atoms with Gasteiger partial charge in [0.05, 0.1) is 6.61 Å². The largest absolute Gasteiger partial charge is 0.494 e. The van der Waals surface area contributed by atoms with Crippen LogP contribution in [-0.4, -0.2) is 13.2 Å². The van der Waals surface area contributed by atoms with Crippen molar-refractivity contribution in [2.24, 2.45) is 0 Å². The third kappa shape index (κ3) is 4.28. The fourth-order valence-electron chi connectivity index (χ4n) is 1.89. The van der Waals surface area contributed by atoms with E-state index in [2.05, 4.69) is 24.4 Å². The van der Waals surface area contributed by atoms with Crippen LogP contribution in [0.3, 0.4) is 0 Å². The summed E-state index contributed by atoms with van der Waals surface area (Å²) in [4.78, 5) is 0. The van der Waals surface area contributed by atoms with Crippen molar-refractivity contribution in [1.29, 1.82) is 0 Å². The second-order valence-electron chi connectivity index (χ2n) is 4.43. The summed E-state index contributed by atoms with van der Waals surface area (Å²) >= 11 is 0. The molecule has 0 aliphatic carbocycles. The molecule has 2 rings (SSSR count). The Bertz CT molecular complexity index is 523. The van der Waals surface area contributed by atoms with Gasteiger partial charge in [-0.15, -0.1) is 0 Å². The highest BCUT2D eigenvalue weighted by molar-refractivity contribution is 5.36. The Hall–Kier alpha value is -2.00. The molecule has 0 saturated carbocycles. The third-order valence-electron chi connectivity index (χ3n) is 2.85. The van der Waals surface area contributed by atoms with Gasteiger partial charge in [-0.2, -0.15) is 0 Å². The summed E-state index contributed by atoms with van der Waals surface area (Å²) in [6.07, 6.45) is 0. The summed E-state index contributed by atoms with van der Waals surface area (Å²) in [5.41, 5.74) is 1.22. The molecule has 20 heavy (non-hydrogen) atoms. The maximum Gasteiger partial charge on any atom is 0.127 e. The molecule has 0 amide bonds. The van der Waals surface area contributed by atoms with Crippen molar-refractivity contribution in [2.75, 3.05) is 13.2 Å². The molecule has 0 fully saturated rings. The van der Waals surface area contributed by atoms with Crippen LogP contribution < -0.4 is 14.8 Å². The number of rotatable bonds is 7. The zero-order chi connectivity index (χ0) is 14.2. The summed E-state index contributed by atoms with van der Waals surface area (Å²) in [7, 11) is 0. The number of hydrogen-bond donors (Lipinski definition) is 1. The quantitative estimate of drug-likeness (QED) is 0.826. The molecule has 0 heterocycles. The van der Waals surface area contributed by atoms with Crippen molar-refractivity contribution in [3.8, 4) is 17.2 Å². The number of hydrogen-bond acceptors (Lipinski definition) is 3. The lowest BCUT2D eigenvalue weighted by Gasteiger charge is -2.09. The van der Waals surface area contributed by atoms with Gasteiger partial charge in [0.15, 0.2) is 0 Å². The monoisotopic (exact) mass is 271 g/mol.